The molecule has 1 aliphatic carbocycles. The summed E-state index contributed by atoms with van der Waals surface area (Å²) < 4.78 is 14.4. The highest BCUT2D eigenvalue weighted by molar-refractivity contribution is 9.10. The fraction of sp³-hybridized carbons (Fsp3) is 0.533. The van der Waals surface area contributed by atoms with Gasteiger partial charge in [0.2, 0.25) is 0 Å². The number of carbonyl (C=O) groups excluding carboxylic acids is 1. The molecule has 19 heavy (non-hydrogen) atoms. The van der Waals surface area contributed by atoms with Crippen LogP contribution in [0.15, 0.2) is 22.7 Å². The SMILES string of the molecule is CC1CCCC(NC(=O)c2cc(Br)ccc2F)CC1. The summed E-state index contributed by atoms with van der Waals surface area (Å²) >= 11 is 3.26. The lowest BCUT2D eigenvalue weighted by Crippen LogP contribution is -2.34. The lowest BCUT2D eigenvalue weighted by molar-refractivity contribution is 0.0929. The van der Waals surface area contributed by atoms with Crippen LogP contribution in [0.2, 0.25) is 0 Å². The van der Waals surface area contributed by atoms with Gasteiger partial charge in [-0.1, -0.05) is 35.7 Å². The summed E-state index contributed by atoms with van der Waals surface area (Å²) in [5.41, 5.74) is 0.117. The molecule has 0 aliphatic heterocycles. The van der Waals surface area contributed by atoms with E-state index in [-0.39, 0.29) is 17.5 Å². The van der Waals surface area contributed by atoms with Gasteiger partial charge in [-0.15, -0.1) is 0 Å². The van der Waals surface area contributed by atoms with E-state index in [4.69, 9.17) is 0 Å². The molecule has 4 heteroatoms. The van der Waals surface area contributed by atoms with E-state index in [0.717, 1.165) is 31.6 Å². The van der Waals surface area contributed by atoms with Crippen molar-refractivity contribution in [2.24, 2.45) is 5.92 Å². The molecule has 1 fully saturated rings. The third-order valence-electron chi connectivity index (χ3n) is 3.77. The monoisotopic (exact) mass is 327 g/mol. The molecule has 1 amide bonds. The van der Waals surface area contributed by atoms with Gasteiger partial charge >= 0.3 is 0 Å². The summed E-state index contributed by atoms with van der Waals surface area (Å²) in [6, 6.07) is 4.62. The van der Waals surface area contributed by atoms with Crippen LogP contribution in [0.1, 0.15) is 49.4 Å². The normalized spacial score (nSPS) is 23.7. The molecule has 2 nitrogen and oxygen atoms in total. The summed E-state index contributed by atoms with van der Waals surface area (Å²) in [4.78, 5) is 12.1. The van der Waals surface area contributed by atoms with E-state index in [1.165, 1.54) is 18.6 Å². The van der Waals surface area contributed by atoms with Gasteiger partial charge in [0.15, 0.2) is 0 Å². The molecule has 0 heterocycles. The maximum Gasteiger partial charge on any atom is 0.254 e. The first-order valence-electron chi connectivity index (χ1n) is 6.82. The minimum absolute atomic E-state index is 0.117. The molecule has 2 atom stereocenters. The second-order valence-corrected chi connectivity index (χ2v) is 6.32. The molecule has 1 N–H and O–H groups in total. The van der Waals surface area contributed by atoms with E-state index in [2.05, 4.69) is 28.2 Å². The number of rotatable bonds is 2. The standard InChI is InChI=1S/C15H19BrFNO/c1-10-3-2-4-12(7-5-10)18-15(19)13-9-11(16)6-8-14(13)17/h6,8-10,12H,2-5,7H2,1H3,(H,18,19). The summed E-state index contributed by atoms with van der Waals surface area (Å²) in [5.74, 6) is -0.0504. The topological polar surface area (TPSA) is 29.1 Å². The molecular formula is C15H19BrFNO. The lowest BCUT2D eigenvalue weighted by atomic mass is 10.0. The van der Waals surface area contributed by atoms with Crippen molar-refractivity contribution in [2.45, 2.75) is 45.1 Å². The number of benzene rings is 1. The molecule has 0 spiro atoms. The number of amides is 1. The predicted octanol–water partition coefficient (Wildman–Crippen LogP) is 4.29. The molecule has 0 bridgehead atoms. The Morgan fingerprint density at radius 3 is 2.89 bits per heavy atom. The highest BCUT2D eigenvalue weighted by atomic mass is 79.9. The van der Waals surface area contributed by atoms with Crippen molar-refractivity contribution in [3.8, 4) is 0 Å². The van der Waals surface area contributed by atoms with Crippen molar-refractivity contribution in [1.82, 2.24) is 5.32 Å². The Morgan fingerprint density at radius 1 is 1.32 bits per heavy atom. The third kappa shape index (κ3) is 4.03. The third-order valence-corrected chi connectivity index (χ3v) is 4.26. The maximum absolute atomic E-state index is 13.6. The molecule has 2 unspecified atom stereocenters. The molecule has 0 aromatic heterocycles. The zero-order chi connectivity index (χ0) is 13.8. The molecule has 0 radical (unpaired) electrons. The molecule has 1 aromatic rings. The lowest BCUT2D eigenvalue weighted by Gasteiger charge is -2.16. The highest BCUT2D eigenvalue weighted by Crippen LogP contribution is 2.23. The van der Waals surface area contributed by atoms with Crippen LogP contribution in [0, 0.1) is 11.7 Å². The van der Waals surface area contributed by atoms with E-state index in [1.807, 2.05) is 0 Å². The first kappa shape index (κ1) is 14.5. The first-order valence-corrected chi connectivity index (χ1v) is 7.61. The Hall–Kier alpha value is -0.900. The second kappa shape index (κ2) is 6.51. The minimum Gasteiger partial charge on any atom is -0.349 e. The van der Waals surface area contributed by atoms with Crippen LogP contribution in [-0.2, 0) is 0 Å². The smallest absolute Gasteiger partial charge is 0.254 e. The zero-order valence-corrected chi connectivity index (χ0v) is 12.7. The Labute approximate surface area is 121 Å². The van der Waals surface area contributed by atoms with Gasteiger partial charge in [-0.25, -0.2) is 4.39 Å². The Kier molecular flexibility index (Phi) is 4.97. The number of halogens is 2. The van der Waals surface area contributed by atoms with Crippen molar-refractivity contribution in [3.05, 3.63) is 34.1 Å². The van der Waals surface area contributed by atoms with Crippen molar-refractivity contribution >= 4 is 21.8 Å². The van der Waals surface area contributed by atoms with Gasteiger partial charge < -0.3 is 5.32 Å². The fourth-order valence-electron chi connectivity index (χ4n) is 2.57. The van der Waals surface area contributed by atoms with Gasteiger partial charge in [0.25, 0.3) is 5.91 Å². The van der Waals surface area contributed by atoms with Crippen molar-refractivity contribution < 1.29 is 9.18 Å². The summed E-state index contributed by atoms with van der Waals surface area (Å²) in [5, 5.41) is 2.96. The molecular weight excluding hydrogens is 309 g/mol. The van der Waals surface area contributed by atoms with E-state index in [0.29, 0.717) is 4.47 Å². The van der Waals surface area contributed by atoms with Crippen molar-refractivity contribution in [2.75, 3.05) is 0 Å². The van der Waals surface area contributed by atoms with Crippen molar-refractivity contribution in [1.29, 1.82) is 0 Å². The first-order chi connectivity index (χ1) is 9.06. The van der Waals surface area contributed by atoms with Crippen LogP contribution >= 0.6 is 15.9 Å². The molecule has 0 saturated heterocycles. The fourth-order valence-corrected chi connectivity index (χ4v) is 2.93. The summed E-state index contributed by atoms with van der Waals surface area (Å²) in [6.45, 7) is 2.25. The summed E-state index contributed by atoms with van der Waals surface area (Å²) in [7, 11) is 0. The van der Waals surface area contributed by atoms with E-state index < -0.39 is 5.82 Å². The Bertz CT molecular complexity index is 463. The van der Waals surface area contributed by atoms with Gasteiger partial charge in [-0.2, -0.15) is 0 Å². The van der Waals surface area contributed by atoms with E-state index in [1.54, 1.807) is 6.07 Å². The van der Waals surface area contributed by atoms with Gasteiger partial charge in [-0.3, -0.25) is 4.79 Å². The molecule has 1 aliphatic rings. The predicted molar refractivity (Wildman–Crippen MR) is 77.6 cm³/mol. The van der Waals surface area contributed by atoms with Gasteiger partial charge in [0.05, 0.1) is 5.56 Å². The Morgan fingerprint density at radius 2 is 2.11 bits per heavy atom. The van der Waals surface area contributed by atoms with Crippen LogP contribution in [-0.4, -0.2) is 11.9 Å². The number of hydrogen-bond donors (Lipinski definition) is 1. The minimum atomic E-state index is -0.470. The second-order valence-electron chi connectivity index (χ2n) is 5.41. The molecule has 104 valence electrons. The number of carbonyl (C=O) groups is 1. The van der Waals surface area contributed by atoms with Gasteiger partial charge in [0, 0.05) is 10.5 Å². The molecule has 1 saturated carbocycles. The highest BCUT2D eigenvalue weighted by Gasteiger charge is 2.20. The number of hydrogen-bond acceptors (Lipinski definition) is 1. The van der Waals surface area contributed by atoms with Crippen LogP contribution < -0.4 is 5.32 Å². The quantitative estimate of drug-likeness (QED) is 0.807. The van der Waals surface area contributed by atoms with Crippen LogP contribution in [0.25, 0.3) is 0 Å². The summed E-state index contributed by atoms with van der Waals surface area (Å²) in [6.07, 6.45) is 5.46. The maximum atomic E-state index is 13.6. The average molecular weight is 328 g/mol. The zero-order valence-electron chi connectivity index (χ0n) is 11.1. The van der Waals surface area contributed by atoms with Crippen LogP contribution in [0.4, 0.5) is 4.39 Å². The largest absolute Gasteiger partial charge is 0.349 e. The van der Waals surface area contributed by atoms with E-state index >= 15 is 0 Å². The van der Waals surface area contributed by atoms with Crippen LogP contribution in [0.5, 0.6) is 0 Å². The van der Waals surface area contributed by atoms with Crippen LogP contribution in [0.3, 0.4) is 0 Å². The molecule has 2 rings (SSSR count). The van der Waals surface area contributed by atoms with E-state index in [9.17, 15) is 9.18 Å². The Balaban J connectivity index is 2.02. The average Bonchev–Trinajstić information content (AvgIpc) is 2.57. The van der Waals surface area contributed by atoms with Crippen molar-refractivity contribution in [3.63, 3.8) is 0 Å². The van der Waals surface area contributed by atoms with Gasteiger partial charge in [0.1, 0.15) is 5.82 Å². The molecule has 1 aromatic carbocycles. The number of nitrogens with one attached hydrogen (secondary N) is 1. The van der Waals surface area contributed by atoms with Gasteiger partial charge in [-0.05, 0) is 43.4 Å².